The minimum Gasteiger partial charge on any atom is -0.465 e. The van der Waals surface area contributed by atoms with Crippen LogP contribution < -0.4 is 5.32 Å². The SMILES string of the molecule is CCCCCCCC/C=C\CCCCCCC(NCCC(=O)OC(C)(C)C)C(=O)OCC. The zero-order valence-corrected chi connectivity index (χ0v) is 21.7. The Labute approximate surface area is 198 Å². The molecule has 0 aromatic heterocycles. The maximum atomic E-state index is 12.2. The Hall–Kier alpha value is -1.36. The molecule has 0 aromatic rings. The highest BCUT2D eigenvalue weighted by molar-refractivity contribution is 5.76. The van der Waals surface area contributed by atoms with Crippen LogP contribution in [0.1, 0.15) is 125 Å². The summed E-state index contributed by atoms with van der Waals surface area (Å²) in [6, 6.07) is -0.352. The second-order valence-corrected chi connectivity index (χ2v) is 9.61. The van der Waals surface area contributed by atoms with Crippen molar-refractivity contribution in [2.45, 2.75) is 136 Å². The van der Waals surface area contributed by atoms with Crippen LogP contribution in [0.3, 0.4) is 0 Å². The van der Waals surface area contributed by atoms with Gasteiger partial charge in [-0.25, -0.2) is 0 Å². The lowest BCUT2D eigenvalue weighted by atomic mass is 10.1. The Bertz CT molecular complexity index is 496. The molecule has 188 valence electrons. The summed E-state index contributed by atoms with van der Waals surface area (Å²) in [7, 11) is 0. The highest BCUT2D eigenvalue weighted by Crippen LogP contribution is 2.11. The lowest BCUT2D eigenvalue weighted by molar-refractivity contribution is -0.155. The monoisotopic (exact) mass is 453 g/mol. The van der Waals surface area contributed by atoms with Gasteiger partial charge in [0.05, 0.1) is 13.0 Å². The third-order valence-electron chi connectivity index (χ3n) is 5.22. The van der Waals surface area contributed by atoms with Gasteiger partial charge < -0.3 is 14.8 Å². The summed E-state index contributed by atoms with van der Waals surface area (Å²) in [6.07, 6.45) is 20.6. The molecule has 0 rings (SSSR count). The topological polar surface area (TPSA) is 64.6 Å². The molecular weight excluding hydrogens is 402 g/mol. The van der Waals surface area contributed by atoms with E-state index in [0.29, 0.717) is 13.2 Å². The van der Waals surface area contributed by atoms with E-state index in [9.17, 15) is 9.59 Å². The fourth-order valence-corrected chi connectivity index (χ4v) is 3.53. The van der Waals surface area contributed by atoms with Gasteiger partial charge in [0, 0.05) is 6.54 Å². The summed E-state index contributed by atoms with van der Waals surface area (Å²) in [5.74, 6) is -0.480. The molecular formula is C27H51NO4. The lowest BCUT2D eigenvalue weighted by Gasteiger charge is -2.20. The van der Waals surface area contributed by atoms with Crippen molar-refractivity contribution in [3.8, 4) is 0 Å². The van der Waals surface area contributed by atoms with Crippen molar-refractivity contribution < 1.29 is 19.1 Å². The molecule has 0 spiro atoms. The molecule has 0 aromatic carbocycles. The van der Waals surface area contributed by atoms with Crippen LogP contribution in [0.2, 0.25) is 0 Å². The molecule has 0 saturated heterocycles. The van der Waals surface area contributed by atoms with Gasteiger partial charge in [0.25, 0.3) is 0 Å². The first-order valence-corrected chi connectivity index (χ1v) is 13.1. The van der Waals surface area contributed by atoms with Gasteiger partial charge in [0.2, 0.25) is 0 Å². The molecule has 1 unspecified atom stereocenters. The number of carbonyl (C=O) groups is 2. The molecule has 1 N–H and O–H groups in total. The molecule has 0 fully saturated rings. The quantitative estimate of drug-likeness (QED) is 0.124. The largest absolute Gasteiger partial charge is 0.465 e. The third-order valence-corrected chi connectivity index (χ3v) is 5.22. The molecule has 0 saturated carbocycles. The average Bonchev–Trinajstić information content (AvgIpc) is 2.71. The summed E-state index contributed by atoms with van der Waals surface area (Å²) in [5.41, 5.74) is -0.485. The van der Waals surface area contributed by atoms with Gasteiger partial charge in [0.15, 0.2) is 0 Å². The Kier molecular flexibility index (Phi) is 19.4. The maximum Gasteiger partial charge on any atom is 0.323 e. The fraction of sp³-hybridized carbons (Fsp3) is 0.852. The Balaban J connectivity index is 3.90. The number of esters is 2. The van der Waals surface area contributed by atoms with Gasteiger partial charge in [-0.15, -0.1) is 0 Å². The molecule has 1 atom stereocenters. The van der Waals surface area contributed by atoms with Gasteiger partial charge >= 0.3 is 11.9 Å². The molecule has 0 bridgehead atoms. The fourth-order valence-electron chi connectivity index (χ4n) is 3.53. The van der Waals surface area contributed by atoms with Crippen LogP contribution in [0.5, 0.6) is 0 Å². The van der Waals surface area contributed by atoms with E-state index in [1.165, 1.54) is 57.8 Å². The molecule has 0 aliphatic rings. The van der Waals surface area contributed by atoms with E-state index in [1.807, 2.05) is 27.7 Å². The summed E-state index contributed by atoms with van der Waals surface area (Å²) < 4.78 is 10.5. The van der Waals surface area contributed by atoms with Gasteiger partial charge in [-0.3, -0.25) is 9.59 Å². The predicted octanol–water partition coefficient (Wildman–Crippen LogP) is 6.89. The maximum absolute atomic E-state index is 12.2. The highest BCUT2D eigenvalue weighted by Gasteiger charge is 2.20. The minimum absolute atomic E-state index is 0.227. The van der Waals surface area contributed by atoms with Crippen molar-refractivity contribution in [1.82, 2.24) is 5.32 Å². The first-order valence-electron chi connectivity index (χ1n) is 13.1. The van der Waals surface area contributed by atoms with Crippen LogP contribution in [0.4, 0.5) is 0 Å². The molecule has 0 aliphatic carbocycles. The smallest absolute Gasteiger partial charge is 0.323 e. The number of carbonyl (C=O) groups excluding carboxylic acids is 2. The molecule has 32 heavy (non-hydrogen) atoms. The molecule has 0 aliphatic heterocycles. The summed E-state index contributed by atoms with van der Waals surface area (Å²) in [5, 5.41) is 3.18. The second-order valence-electron chi connectivity index (χ2n) is 9.61. The number of hydrogen-bond donors (Lipinski definition) is 1. The summed E-state index contributed by atoms with van der Waals surface area (Å²) >= 11 is 0. The van der Waals surface area contributed by atoms with E-state index < -0.39 is 5.60 Å². The summed E-state index contributed by atoms with van der Waals surface area (Å²) in [4.78, 5) is 24.1. The molecule has 0 heterocycles. The second kappa shape index (κ2) is 20.3. The van der Waals surface area contributed by atoms with Gasteiger partial charge in [-0.05, 0) is 59.8 Å². The van der Waals surface area contributed by atoms with Gasteiger partial charge in [0.1, 0.15) is 11.6 Å². The molecule has 0 radical (unpaired) electrons. The Morgan fingerprint density at radius 2 is 1.41 bits per heavy atom. The Morgan fingerprint density at radius 1 is 0.844 bits per heavy atom. The van der Waals surface area contributed by atoms with E-state index in [2.05, 4.69) is 24.4 Å². The van der Waals surface area contributed by atoms with Gasteiger partial charge in [-0.1, -0.05) is 70.4 Å². The summed E-state index contributed by atoms with van der Waals surface area (Å²) in [6.45, 7) is 10.4. The number of rotatable bonds is 20. The van der Waals surface area contributed by atoms with Crippen molar-refractivity contribution in [3.05, 3.63) is 12.2 Å². The van der Waals surface area contributed by atoms with Crippen LogP contribution in [0, 0.1) is 0 Å². The van der Waals surface area contributed by atoms with E-state index in [0.717, 1.165) is 25.7 Å². The Morgan fingerprint density at radius 3 is 1.97 bits per heavy atom. The number of hydrogen-bond acceptors (Lipinski definition) is 5. The van der Waals surface area contributed by atoms with Gasteiger partial charge in [-0.2, -0.15) is 0 Å². The first-order chi connectivity index (χ1) is 15.3. The normalized spacial score (nSPS) is 12.8. The van der Waals surface area contributed by atoms with E-state index in [4.69, 9.17) is 9.47 Å². The number of nitrogens with one attached hydrogen (secondary N) is 1. The zero-order chi connectivity index (χ0) is 24.1. The number of unbranched alkanes of at least 4 members (excludes halogenated alkanes) is 10. The van der Waals surface area contributed by atoms with Crippen molar-refractivity contribution >= 4 is 11.9 Å². The predicted molar refractivity (Wildman–Crippen MR) is 134 cm³/mol. The minimum atomic E-state index is -0.485. The highest BCUT2D eigenvalue weighted by atomic mass is 16.6. The van der Waals surface area contributed by atoms with Crippen molar-refractivity contribution in [2.75, 3.05) is 13.2 Å². The van der Waals surface area contributed by atoms with Crippen molar-refractivity contribution in [2.24, 2.45) is 0 Å². The standard InChI is InChI=1S/C27H51NO4/c1-6-8-9-10-11-12-13-14-15-16-17-18-19-20-21-24(26(30)31-7-2)28-23-22-25(29)32-27(3,4)5/h14-15,24,28H,6-13,16-23H2,1-5H3/b15-14-. The van der Waals surface area contributed by atoms with Crippen molar-refractivity contribution in [3.63, 3.8) is 0 Å². The zero-order valence-electron chi connectivity index (χ0n) is 21.7. The van der Waals surface area contributed by atoms with Crippen LogP contribution in [-0.2, 0) is 19.1 Å². The van der Waals surface area contributed by atoms with Crippen molar-refractivity contribution in [1.29, 1.82) is 0 Å². The lowest BCUT2D eigenvalue weighted by Crippen LogP contribution is -2.39. The van der Waals surface area contributed by atoms with Crippen LogP contribution in [-0.4, -0.2) is 36.7 Å². The van der Waals surface area contributed by atoms with Crippen LogP contribution in [0.15, 0.2) is 12.2 Å². The van der Waals surface area contributed by atoms with Crippen LogP contribution >= 0.6 is 0 Å². The number of ether oxygens (including phenoxy) is 2. The van der Waals surface area contributed by atoms with Crippen LogP contribution in [0.25, 0.3) is 0 Å². The van der Waals surface area contributed by atoms with E-state index in [-0.39, 0.29) is 24.4 Å². The third kappa shape index (κ3) is 20.5. The van der Waals surface area contributed by atoms with E-state index in [1.54, 1.807) is 0 Å². The molecule has 5 nitrogen and oxygen atoms in total. The molecule has 0 amide bonds. The average molecular weight is 454 g/mol. The van der Waals surface area contributed by atoms with E-state index >= 15 is 0 Å². The molecule has 5 heteroatoms. The number of allylic oxidation sites excluding steroid dienone is 2. The first kappa shape index (κ1) is 30.6.